The van der Waals surface area contributed by atoms with Gasteiger partial charge in [0.2, 0.25) is 5.13 Å². The summed E-state index contributed by atoms with van der Waals surface area (Å²) in [4.78, 5) is 14.6. The molecule has 1 amide bonds. The van der Waals surface area contributed by atoms with Crippen LogP contribution >= 0.6 is 34.4 Å². The van der Waals surface area contributed by atoms with Crippen LogP contribution in [0.3, 0.4) is 0 Å². The first-order valence-electron chi connectivity index (χ1n) is 7.58. The van der Waals surface area contributed by atoms with Crippen LogP contribution in [0.4, 0.5) is 5.13 Å². The van der Waals surface area contributed by atoms with Gasteiger partial charge in [-0.05, 0) is 42.6 Å². The topological polar surface area (TPSA) is 54.9 Å². The van der Waals surface area contributed by atoms with E-state index in [-0.39, 0.29) is 5.91 Å². The Bertz CT molecular complexity index is 665. The maximum Gasteiger partial charge on any atom is 0.267 e. The molecule has 0 radical (unpaired) electrons. The summed E-state index contributed by atoms with van der Waals surface area (Å²) in [6.45, 7) is 4.32. The van der Waals surface area contributed by atoms with Gasteiger partial charge >= 0.3 is 0 Å². The predicted octanol–water partition coefficient (Wildman–Crippen LogP) is 4.48. The van der Waals surface area contributed by atoms with Crippen LogP contribution in [-0.2, 0) is 12.8 Å². The summed E-state index contributed by atoms with van der Waals surface area (Å²) in [5.74, 6) is 1.67. The van der Waals surface area contributed by atoms with Crippen molar-refractivity contribution in [1.29, 1.82) is 0 Å². The minimum atomic E-state index is -0.0587. The predicted molar refractivity (Wildman–Crippen MR) is 94.4 cm³/mol. The Balaban J connectivity index is 1.69. The van der Waals surface area contributed by atoms with Gasteiger partial charge in [0.05, 0.1) is 4.88 Å². The number of aryl methyl sites for hydroxylation is 1. The standard InChI is InChI=1S/C15H19N3OS3/c1-3-9-5-6-11-10(7-9)8-12(21-11)13(19)16-14-17-18-15(22-14)20-4-2/h8-9H,3-7H2,1-2H3,(H,16,17,19)/t9-/m0/s1. The highest BCUT2D eigenvalue weighted by Crippen LogP contribution is 2.34. The number of hydrogen-bond donors (Lipinski definition) is 1. The van der Waals surface area contributed by atoms with E-state index in [2.05, 4.69) is 35.4 Å². The van der Waals surface area contributed by atoms with Crippen molar-refractivity contribution in [2.45, 2.75) is 43.9 Å². The zero-order chi connectivity index (χ0) is 15.5. The molecule has 0 bridgehead atoms. The van der Waals surface area contributed by atoms with Crippen molar-refractivity contribution < 1.29 is 4.79 Å². The molecule has 2 aromatic rings. The number of thioether (sulfide) groups is 1. The third kappa shape index (κ3) is 3.52. The van der Waals surface area contributed by atoms with Crippen LogP contribution in [0.15, 0.2) is 10.4 Å². The Morgan fingerprint density at radius 2 is 2.27 bits per heavy atom. The molecular weight excluding hydrogens is 334 g/mol. The Morgan fingerprint density at radius 3 is 3.05 bits per heavy atom. The molecule has 0 aliphatic heterocycles. The molecule has 7 heteroatoms. The van der Waals surface area contributed by atoms with Crippen molar-refractivity contribution in [3.05, 3.63) is 21.4 Å². The molecule has 3 rings (SSSR count). The highest BCUT2D eigenvalue weighted by atomic mass is 32.2. The summed E-state index contributed by atoms with van der Waals surface area (Å²) in [6.07, 6.45) is 4.70. The molecular formula is C15H19N3OS3. The second-order valence-corrected chi connectivity index (χ2v) is 8.96. The van der Waals surface area contributed by atoms with Gasteiger partial charge in [0.15, 0.2) is 4.34 Å². The van der Waals surface area contributed by atoms with Gasteiger partial charge in [-0.25, -0.2) is 0 Å². The lowest BCUT2D eigenvalue weighted by Crippen LogP contribution is -2.11. The molecule has 0 saturated heterocycles. The van der Waals surface area contributed by atoms with Crippen LogP contribution in [0.5, 0.6) is 0 Å². The summed E-state index contributed by atoms with van der Waals surface area (Å²) < 4.78 is 0.897. The van der Waals surface area contributed by atoms with Gasteiger partial charge in [0, 0.05) is 4.88 Å². The van der Waals surface area contributed by atoms with Crippen molar-refractivity contribution in [3.63, 3.8) is 0 Å². The van der Waals surface area contributed by atoms with Gasteiger partial charge in [0.25, 0.3) is 5.91 Å². The molecule has 1 aliphatic carbocycles. The molecule has 118 valence electrons. The minimum Gasteiger partial charge on any atom is -0.296 e. The maximum atomic E-state index is 12.4. The number of nitrogens with one attached hydrogen (secondary N) is 1. The number of rotatable bonds is 5. The average Bonchev–Trinajstić information content (AvgIpc) is 3.13. The van der Waals surface area contributed by atoms with E-state index in [4.69, 9.17) is 0 Å². The van der Waals surface area contributed by atoms with Gasteiger partial charge in [0.1, 0.15) is 0 Å². The molecule has 0 unspecified atom stereocenters. The monoisotopic (exact) mass is 353 g/mol. The van der Waals surface area contributed by atoms with Crippen LogP contribution in [-0.4, -0.2) is 21.9 Å². The van der Waals surface area contributed by atoms with Crippen molar-refractivity contribution >= 4 is 45.5 Å². The molecule has 22 heavy (non-hydrogen) atoms. The first-order chi connectivity index (χ1) is 10.7. The molecule has 1 aliphatic rings. The Hall–Kier alpha value is -0.920. The fraction of sp³-hybridized carbons (Fsp3) is 0.533. The summed E-state index contributed by atoms with van der Waals surface area (Å²) in [6, 6.07) is 2.07. The van der Waals surface area contributed by atoms with E-state index in [1.807, 2.05) is 0 Å². The van der Waals surface area contributed by atoms with E-state index in [9.17, 15) is 4.79 Å². The number of fused-ring (bicyclic) bond motifs is 1. The third-order valence-electron chi connectivity index (χ3n) is 3.88. The number of nitrogens with zero attached hydrogens (tertiary/aromatic N) is 2. The molecule has 0 spiro atoms. The van der Waals surface area contributed by atoms with E-state index in [0.717, 1.165) is 33.7 Å². The van der Waals surface area contributed by atoms with Crippen LogP contribution < -0.4 is 5.32 Å². The molecule has 1 N–H and O–H groups in total. The van der Waals surface area contributed by atoms with E-state index < -0.39 is 0 Å². The normalized spacial score (nSPS) is 17.3. The number of carbonyl (C=O) groups is 1. The lowest BCUT2D eigenvalue weighted by Gasteiger charge is -2.19. The van der Waals surface area contributed by atoms with Crippen LogP contribution in [0, 0.1) is 5.92 Å². The number of thiophene rings is 1. The second kappa shape index (κ2) is 7.10. The number of hydrogen-bond acceptors (Lipinski definition) is 6. The first-order valence-corrected chi connectivity index (χ1v) is 10.2. The van der Waals surface area contributed by atoms with E-state index in [1.54, 1.807) is 23.1 Å². The first kappa shape index (κ1) is 16.0. The van der Waals surface area contributed by atoms with Gasteiger partial charge < -0.3 is 0 Å². The van der Waals surface area contributed by atoms with Gasteiger partial charge in [-0.1, -0.05) is 43.4 Å². The number of aromatic nitrogens is 2. The van der Waals surface area contributed by atoms with Crippen molar-refractivity contribution in [3.8, 4) is 0 Å². The maximum absolute atomic E-state index is 12.4. The average molecular weight is 354 g/mol. The molecule has 4 nitrogen and oxygen atoms in total. The Labute approximate surface area is 142 Å². The quantitative estimate of drug-likeness (QED) is 0.636. The zero-order valence-corrected chi connectivity index (χ0v) is 15.2. The summed E-state index contributed by atoms with van der Waals surface area (Å²) in [5, 5.41) is 11.5. The van der Waals surface area contributed by atoms with Gasteiger partial charge in [-0.15, -0.1) is 21.5 Å². The fourth-order valence-electron chi connectivity index (χ4n) is 2.66. The SMILES string of the molecule is CCSc1nnc(NC(=O)c2cc3c(s2)CC[C@H](CC)C3)s1. The van der Waals surface area contributed by atoms with Crippen LogP contribution in [0.25, 0.3) is 0 Å². The lowest BCUT2D eigenvalue weighted by molar-refractivity contribution is 0.103. The Morgan fingerprint density at radius 1 is 1.41 bits per heavy atom. The zero-order valence-electron chi connectivity index (χ0n) is 12.7. The van der Waals surface area contributed by atoms with Gasteiger partial charge in [-0.2, -0.15) is 0 Å². The van der Waals surface area contributed by atoms with E-state index in [1.165, 1.54) is 34.6 Å². The highest BCUT2D eigenvalue weighted by Gasteiger charge is 2.22. The smallest absolute Gasteiger partial charge is 0.267 e. The number of carbonyl (C=O) groups excluding carboxylic acids is 1. The number of anilines is 1. The number of amides is 1. The lowest BCUT2D eigenvalue weighted by atomic mass is 9.87. The van der Waals surface area contributed by atoms with E-state index in [0.29, 0.717) is 5.13 Å². The van der Waals surface area contributed by atoms with Crippen molar-refractivity contribution in [2.24, 2.45) is 5.92 Å². The van der Waals surface area contributed by atoms with Crippen LogP contribution in [0.2, 0.25) is 0 Å². The van der Waals surface area contributed by atoms with Crippen LogP contribution in [0.1, 0.15) is 46.8 Å². The molecule has 0 aromatic carbocycles. The molecule has 0 saturated carbocycles. The molecule has 1 atom stereocenters. The Kier molecular flexibility index (Phi) is 5.15. The summed E-state index contributed by atoms with van der Waals surface area (Å²) in [7, 11) is 0. The summed E-state index contributed by atoms with van der Waals surface area (Å²) >= 11 is 4.70. The largest absolute Gasteiger partial charge is 0.296 e. The van der Waals surface area contributed by atoms with E-state index >= 15 is 0 Å². The molecule has 2 aromatic heterocycles. The second-order valence-electron chi connectivity index (χ2n) is 5.34. The van der Waals surface area contributed by atoms with Gasteiger partial charge in [-0.3, -0.25) is 10.1 Å². The third-order valence-corrected chi connectivity index (χ3v) is 6.97. The summed E-state index contributed by atoms with van der Waals surface area (Å²) in [5.41, 5.74) is 1.37. The molecule has 2 heterocycles. The minimum absolute atomic E-state index is 0.0587. The fourth-order valence-corrected chi connectivity index (χ4v) is 5.41. The van der Waals surface area contributed by atoms with Crippen molar-refractivity contribution in [1.82, 2.24) is 10.2 Å². The molecule has 0 fully saturated rings. The van der Waals surface area contributed by atoms with Crippen molar-refractivity contribution in [2.75, 3.05) is 11.1 Å². The highest BCUT2D eigenvalue weighted by molar-refractivity contribution is 8.01.